The van der Waals surface area contributed by atoms with E-state index >= 15 is 0 Å². The number of rotatable bonds is 7. The number of amides is 2. The molecule has 0 saturated carbocycles. The minimum Gasteiger partial charge on any atom is -0.496 e. The number of hydrogen-bond acceptors (Lipinski definition) is 7. The summed E-state index contributed by atoms with van der Waals surface area (Å²) in [5.74, 6) is -1.21. The molecule has 0 bridgehead atoms. The highest BCUT2D eigenvalue weighted by atomic mass is 35.5. The third-order valence-electron chi connectivity index (χ3n) is 6.83. The zero-order valence-electron chi connectivity index (χ0n) is 19.8. The second kappa shape index (κ2) is 11.2. The summed E-state index contributed by atoms with van der Waals surface area (Å²) in [6.45, 7) is 3.83. The maximum absolute atomic E-state index is 13.0. The van der Waals surface area contributed by atoms with Crippen molar-refractivity contribution in [3.63, 3.8) is 0 Å². The van der Waals surface area contributed by atoms with E-state index in [-0.39, 0.29) is 46.5 Å². The molecule has 0 spiro atoms. The summed E-state index contributed by atoms with van der Waals surface area (Å²) in [6, 6.07) is 2.37. The van der Waals surface area contributed by atoms with Crippen molar-refractivity contribution in [1.82, 2.24) is 15.1 Å². The quantitative estimate of drug-likeness (QED) is 0.483. The predicted octanol–water partition coefficient (Wildman–Crippen LogP) is 1.46. The van der Waals surface area contributed by atoms with Crippen LogP contribution < -0.4 is 15.8 Å². The number of carbonyl (C=O) groups is 3. The van der Waals surface area contributed by atoms with Crippen LogP contribution in [0.2, 0.25) is 5.02 Å². The summed E-state index contributed by atoms with van der Waals surface area (Å²) in [6.07, 6.45) is 1.22. The molecular weight excluding hydrogens is 464 g/mol. The molecule has 4 N–H and O–H groups in total. The molecule has 2 saturated heterocycles. The third kappa shape index (κ3) is 5.73. The molecule has 2 aliphatic heterocycles. The standard InChI is InChI=1S/C23H33ClN4O6/c1-13(22(30)27-7-4-14(5-8-27)23(31)32)28-9-6-18(20(12-28)34-3)26-21(29)15-10-16(24)17(25)11-19(15)33-2/h10-11,13-14,18,20H,4-9,12,25H2,1-3H3,(H,26,29)(H,31,32)/t13?,18-,20+/m1/s1. The number of nitrogens with one attached hydrogen (secondary N) is 1. The van der Waals surface area contributed by atoms with Crippen LogP contribution in [0.15, 0.2) is 12.1 Å². The number of carboxylic acid groups (broad SMARTS) is 1. The van der Waals surface area contributed by atoms with E-state index < -0.39 is 5.97 Å². The molecular formula is C23H33ClN4O6. The number of carbonyl (C=O) groups excluding carboxylic acids is 2. The van der Waals surface area contributed by atoms with Crippen LogP contribution in [0.25, 0.3) is 0 Å². The highest BCUT2D eigenvalue weighted by molar-refractivity contribution is 6.33. The summed E-state index contributed by atoms with van der Waals surface area (Å²) in [5.41, 5.74) is 6.42. The summed E-state index contributed by atoms with van der Waals surface area (Å²) < 4.78 is 10.9. The molecule has 188 valence electrons. The van der Waals surface area contributed by atoms with Gasteiger partial charge in [-0.15, -0.1) is 0 Å². The fourth-order valence-corrected chi connectivity index (χ4v) is 4.79. The van der Waals surface area contributed by atoms with Crippen molar-refractivity contribution in [3.8, 4) is 5.75 Å². The Bertz CT molecular complexity index is 921. The van der Waals surface area contributed by atoms with Gasteiger partial charge in [0, 0.05) is 39.4 Å². The van der Waals surface area contributed by atoms with Gasteiger partial charge in [-0.1, -0.05) is 11.6 Å². The van der Waals surface area contributed by atoms with Gasteiger partial charge in [-0.05, 0) is 32.3 Å². The van der Waals surface area contributed by atoms with Gasteiger partial charge in [0.1, 0.15) is 5.75 Å². The normalized spacial score (nSPS) is 22.8. The van der Waals surface area contributed by atoms with Gasteiger partial charge >= 0.3 is 5.97 Å². The number of ether oxygens (including phenoxy) is 2. The summed E-state index contributed by atoms with van der Waals surface area (Å²) >= 11 is 6.10. The van der Waals surface area contributed by atoms with E-state index in [9.17, 15) is 19.5 Å². The van der Waals surface area contributed by atoms with Gasteiger partial charge in [0.05, 0.1) is 47.5 Å². The number of halogens is 1. The number of benzene rings is 1. The fourth-order valence-electron chi connectivity index (χ4n) is 4.62. The molecule has 2 heterocycles. The second-order valence-electron chi connectivity index (χ2n) is 8.83. The van der Waals surface area contributed by atoms with E-state index in [0.29, 0.717) is 56.9 Å². The molecule has 3 rings (SSSR count). The van der Waals surface area contributed by atoms with Crippen molar-refractivity contribution in [1.29, 1.82) is 0 Å². The molecule has 1 aromatic carbocycles. The molecule has 34 heavy (non-hydrogen) atoms. The molecule has 2 fully saturated rings. The van der Waals surface area contributed by atoms with Gasteiger partial charge in [0.25, 0.3) is 5.91 Å². The predicted molar refractivity (Wildman–Crippen MR) is 127 cm³/mol. The number of aliphatic carboxylic acids is 1. The number of anilines is 1. The molecule has 0 radical (unpaired) electrons. The summed E-state index contributed by atoms with van der Waals surface area (Å²) in [7, 11) is 3.04. The lowest BCUT2D eigenvalue weighted by molar-refractivity contribution is -0.147. The van der Waals surface area contributed by atoms with Crippen LogP contribution in [0.1, 0.15) is 36.5 Å². The Kier molecular flexibility index (Phi) is 8.62. The van der Waals surface area contributed by atoms with Crippen LogP contribution in [0.3, 0.4) is 0 Å². The molecule has 3 atom stereocenters. The smallest absolute Gasteiger partial charge is 0.306 e. The molecule has 11 heteroatoms. The lowest BCUT2D eigenvalue weighted by atomic mass is 9.96. The van der Waals surface area contributed by atoms with Gasteiger partial charge in [-0.3, -0.25) is 19.3 Å². The van der Waals surface area contributed by atoms with E-state index in [1.54, 1.807) is 12.0 Å². The van der Waals surface area contributed by atoms with Gasteiger partial charge in [-0.2, -0.15) is 0 Å². The largest absolute Gasteiger partial charge is 0.496 e. The molecule has 2 aliphatic rings. The van der Waals surface area contributed by atoms with Gasteiger partial charge in [0.15, 0.2) is 0 Å². The van der Waals surface area contributed by atoms with Gasteiger partial charge < -0.3 is 30.5 Å². The first kappa shape index (κ1) is 26.1. The average molecular weight is 497 g/mol. The zero-order chi connectivity index (χ0) is 25.0. The van der Waals surface area contributed by atoms with Crippen molar-refractivity contribution in [2.24, 2.45) is 5.92 Å². The molecule has 10 nitrogen and oxygen atoms in total. The van der Waals surface area contributed by atoms with Crippen LogP contribution in [-0.4, -0.2) is 91.3 Å². The monoisotopic (exact) mass is 496 g/mol. The number of nitrogens with zero attached hydrogens (tertiary/aromatic N) is 2. The Morgan fingerprint density at radius 3 is 2.44 bits per heavy atom. The molecule has 1 unspecified atom stereocenters. The lowest BCUT2D eigenvalue weighted by Gasteiger charge is -2.42. The van der Waals surface area contributed by atoms with Crippen molar-refractivity contribution >= 4 is 35.1 Å². The van der Waals surface area contributed by atoms with Crippen LogP contribution in [-0.2, 0) is 14.3 Å². The van der Waals surface area contributed by atoms with Crippen LogP contribution in [0, 0.1) is 5.92 Å². The van der Waals surface area contributed by atoms with E-state index in [2.05, 4.69) is 5.32 Å². The Labute approximate surface area is 204 Å². The minimum atomic E-state index is -0.800. The van der Waals surface area contributed by atoms with E-state index in [4.69, 9.17) is 26.8 Å². The van der Waals surface area contributed by atoms with E-state index in [0.717, 1.165) is 0 Å². The number of piperidine rings is 2. The third-order valence-corrected chi connectivity index (χ3v) is 7.16. The second-order valence-corrected chi connectivity index (χ2v) is 9.23. The Balaban J connectivity index is 1.60. The highest BCUT2D eigenvalue weighted by Gasteiger charge is 2.37. The van der Waals surface area contributed by atoms with Crippen molar-refractivity contribution in [2.45, 2.75) is 44.4 Å². The van der Waals surface area contributed by atoms with E-state index in [1.165, 1.54) is 19.2 Å². The number of methoxy groups -OCH3 is 2. The highest BCUT2D eigenvalue weighted by Crippen LogP contribution is 2.29. The summed E-state index contributed by atoms with van der Waals surface area (Å²) in [5, 5.41) is 12.4. The minimum absolute atomic E-state index is 0.0116. The molecule has 2 amide bonds. The van der Waals surface area contributed by atoms with Crippen LogP contribution >= 0.6 is 11.6 Å². The number of hydrogen-bond donors (Lipinski definition) is 3. The Morgan fingerprint density at radius 2 is 1.85 bits per heavy atom. The first-order valence-corrected chi connectivity index (χ1v) is 11.8. The fraction of sp³-hybridized carbons (Fsp3) is 0.609. The van der Waals surface area contributed by atoms with Crippen LogP contribution in [0.4, 0.5) is 5.69 Å². The SMILES string of the molecule is COc1cc(N)c(Cl)cc1C(=O)N[C@@H]1CCN(C(C)C(=O)N2CCC(C(=O)O)CC2)C[C@@H]1OC. The topological polar surface area (TPSA) is 134 Å². The average Bonchev–Trinajstić information content (AvgIpc) is 2.84. The van der Waals surface area contributed by atoms with Gasteiger partial charge in [0.2, 0.25) is 5.91 Å². The zero-order valence-corrected chi connectivity index (χ0v) is 20.5. The number of likely N-dealkylation sites (tertiary alicyclic amines) is 2. The molecule has 0 aliphatic carbocycles. The molecule has 0 aromatic heterocycles. The van der Waals surface area contributed by atoms with Gasteiger partial charge in [-0.25, -0.2) is 0 Å². The molecule has 1 aromatic rings. The summed E-state index contributed by atoms with van der Waals surface area (Å²) in [4.78, 5) is 41.0. The number of nitrogen functional groups attached to an aromatic ring is 1. The first-order valence-electron chi connectivity index (χ1n) is 11.4. The lowest BCUT2D eigenvalue weighted by Crippen LogP contribution is -2.59. The van der Waals surface area contributed by atoms with Crippen molar-refractivity contribution < 1.29 is 29.0 Å². The maximum Gasteiger partial charge on any atom is 0.306 e. The maximum atomic E-state index is 13.0. The first-order chi connectivity index (χ1) is 16.2. The van der Waals surface area contributed by atoms with E-state index in [1.807, 2.05) is 11.8 Å². The van der Waals surface area contributed by atoms with Crippen molar-refractivity contribution in [3.05, 3.63) is 22.7 Å². The number of carboxylic acids is 1. The van der Waals surface area contributed by atoms with Crippen molar-refractivity contribution in [2.75, 3.05) is 46.1 Å². The Hall–Kier alpha value is -2.56. The Morgan fingerprint density at radius 1 is 1.18 bits per heavy atom. The number of nitrogens with two attached hydrogens (primary N) is 1. The van der Waals surface area contributed by atoms with Crippen LogP contribution in [0.5, 0.6) is 5.75 Å².